The highest BCUT2D eigenvalue weighted by atomic mass is 16.7. The smallest absolute Gasteiger partial charge is 0.338 e. The van der Waals surface area contributed by atoms with Crippen LogP contribution in [-0.2, 0) is 14.2 Å². The minimum absolute atomic E-state index is 0.190. The van der Waals surface area contributed by atoms with Crippen LogP contribution in [0.25, 0.3) is 0 Å². The molecule has 21 heavy (non-hydrogen) atoms. The molecule has 1 N–H and O–H groups in total. The first kappa shape index (κ1) is 15.9. The minimum Gasteiger partial charge on any atom is -0.459 e. The standard InChI is InChI=1S/C16H22O5/c1-11-6-4-5-7-13(11)15(17)19-10-12-8-9-14(20-12)21-16(2,3)18/h4-7,12,14,18H,8-10H2,1-3H3. The number of aliphatic hydroxyl groups is 1. The molecule has 5 heteroatoms. The van der Waals surface area contributed by atoms with E-state index < -0.39 is 12.1 Å². The van der Waals surface area contributed by atoms with E-state index in [1.165, 1.54) is 0 Å². The Kier molecular flexibility index (Phi) is 4.98. The highest BCUT2D eigenvalue weighted by Crippen LogP contribution is 2.24. The summed E-state index contributed by atoms with van der Waals surface area (Å²) >= 11 is 0. The molecular weight excluding hydrogens is 272 g/mol. The summed E-state index contributed by atoms with van der Waals surface area (Å²) < 4.78 is 16.2. The second kappa shape index (κ2) is 6.56. The van der Waals surface area contributed by atoms with Crippen molar-refractivity contribution >= 4 is 5.97 Å². The third-order valence-electron chi connectivity index (χ3n) is 3.25. The predicted octanol–water partition coefficient (Wildman–Crippen LogP) is 2.40. The van der Waals surface area contributed by atoms with E-state index in [1.807, 2.05) is 25.1 Å². The van der Waals surface area contributed by atoms with Crippen molar-refractivity contribution in [2.75, 3.05) is 6.61 Å². The van der Waals surface area contributed by atoms with Gasteiger partial charge in [0, 0.05) is 6.42 Å². The summed E-state index contributed by atoms with van der Waals surface area (Å²) in [7, 11) is 0. The monoisotopic (exact) mass is 294 g/mol. The molecule has 0 aliphatic carbocycles. The van der Waals surface area contributed by atoms with E-state index in [2.05, 4.69) is 0 Å². The summed E-state index contributed by atoms with van der Waals surface area (Å²) in [6.07, 6.45) is 0.774. The van der Waals surface area contributed by atoms with Crippen molar-refractivity contribution < 1.29 is 24.1 Å². The Balaban J connectivity index is 1.80. The number of carbonyl (C=O) groups excluding carboxylic acids is 1. The fourth-order valence-corrected chi connectivity index (χ4v) is 2.25. The summed E-state index contributed by atoms with van der Waals surface area (Å²) in [5.41, 5.74) is 1.46. The number of rotatable bonds is 5. The first-order valence-corrected chi connectivity index (χ1v) is 7.13. The van der Waals surface area contributed by atoms with Crippen molar-refractivity contribution in [1.29, 1.82) is 0 Å². The van der Waals surface area contributed by atoms with Crippen LogP contribution in [0.3, 0.4) is 0 Å². The Morgan fingerprint density at radius 3 is 2.76 bits per heavy atom. The Morgan fingerprint density at radius 1 is 1.38 bits per heavy atom. The molecule has 1 aliphatic heterocycles. The number of aryl methyl sites for hydroxylation is 1. The topological polar surface area (TPSA) is 65.0 Å². The molecule has 116 valence electrons. The molecule has 0 aromatic heterocycles. The van der Waals surface area contributed by atoms with Crippen molar-refractivity contribution in [3.63, 3.8) is 0 Å². The van der Waals surface area contributed by atoms with Gasteiger partial charge in [-0.05, 0) is 38.8 Å². The quantitative estimate of drug-likeness (QED) is 0.667. The van der Waals surface area contributed by atoms with E-state index in [1.54, 1.807) is 19.9 Å². The summed E-state index contributed by atoms with van der Waals surface area (Å²) in [6.45, 7) is 5.18. The van der Waals surface area contributed by atoms with Crippen LogP contribution in [0.2, 0.25) is 0 Å². The first-order chi connectivity index (χ1) is 9.85. The van der Waals surface area contributed by atoms with Crippen molar-refractivity contribution in [2.45, 2.75) is 51.8 Å². The molecule has 0 bridgehead atoms. The first-order valence-electron chi connectivity index (χ1n) is 7.13. The molecule has 2 unspecified atom stereocenters. The molecule has 0 amide bonds. The van der Waals surface area contributed by atoms with E-state index in [0.717, 1.165) is 12.0 Å². The van der Waals surface area contributed by atoms with Gasteiger partial charge in [-0.3, -0.25) is 0 Å². The number of ether oxygens (including phenoxy) is 3. The zero-order valence-electron chi connectivity index (χ0n) is 12.7. The zero-order valence-corrected chi connectivity index (χ0v) is 12.7. The zero-order chi connectivity index (χ0) is 15.5. The normalized spacial score (nSPS) is 22.3. The van der Waals surface area contributed by atoms with E-state index in [0.29, 0.717) is 12.0 Å². The summed E-state index contributed by atoms with van der Waals surface area (Å²) in [6, 6.07) is 7.30. The van der Waals surface area contributed by atoms with Crippen LogP contribution in [0.4, 0.5) is 0 Å². The average molecular weight is 294 g/mol. The van der Waals surface area contributed by atoms with Gasteiger partial charge in [0.05, 0.1) is 11.7 Å². The van der Waals surface area contributed by atoms with E-state index in [9.17, 15) is 9.90 Å². The number of esters is 1. The lowest BCUT2D eigenvalue weighted by molar-refractivity contribution is -0.270. The second-order valence-corrected chi connectivity index (χ2v) is 5.74. The van der Waals surface area contributed by atoms with E-state index >= 15 is 0 Å². The van der Waals surface area contributed by atoms with Gasteiger partial charge in [-0.1, -0.05) is 18.2 Å². The van der Waals surface area contributed by atoms with Crippen molar-refractivity contribution in [3.8, 4) is 0 Å². The fraction of sp³-hybridized carbons (Fsp3) is 0.562. The summed E-state index contributed by atoms with van der Waals surface area (Å²) in [4.78, 5) is 12.0. The molecule has 0 radical (unpaired) electrons. The van der Waals surface area contributed by atoms with Gasteiger partial charge in [0.1, 0.15) is 6.61 Å². The molecule has 0 saturated carbocycles. The molecule has 1 fully saturated rings. The maximum absolute atomic E-state index is 12.0. The molecule has 1 heterocycles. The minimum atomic E-state index is -1.22. The molecule has 1 aromatic carbocycles. The van der Waals surface area contributed by atoms with Gasteiger partial charge < -0.3 is 19.3 Å². The highest BCUT2D eigenvalue weighted by molar-refractivity contribution is 5.90. The molecule has 1 saturated heterocycles. The van der Waals surface area contributed by atoms with Gasteiger partial charge in [-0.2, -0.15) is 0 Å². The lowest BCUT2D eigenvalue weighted by Crippen LogP contribution is -2.30. The number of benzene rings is 1. The van der Waals surface area contributed by atoms with Crippen LogP contribution in [0.1, 0.15) is 42.6 Å². The second-order valence-electron chi connectivity index (χ2n) is 5.74. The van der Waals surface area contributed by atoms with Crippen LogP contribution in [0.15, 0.2) is 24.3 Å². The van der Waals surface area contributed by atoms with Crippen LogP contribution >= 0.6 is 0 Å². The van der Waals surface area contributed by atoms with Crippen LogP contribution in [-0.4, -0.2) is 35.9 Å². The molecule has 5 nitrogen and oxygen atoms in total. The largest absolute Gasteiger partial charge is 0.459 e. The van der Waals surface area contributed by atoms with Gasteiger partial charge in [0.15, 0.2) is 12.1 Å². The van der Waals surface area contributed by atoms with Crippen molar-refractivity contribution in [1.82, 2.24) is 0 Å². The van der Waals surface area contributed by atoms with Crippen LogP contribution < -0.4 is 0 Å². The maximum atomic E-state index is 12.0. The highest BCUT2D eigenvalue weighted by Gasteiger charge is 2.31. The van der Waals surface area contributed by atoms with Gasteiger partial charge >= 0.3 is 5.97 Å². The Bertz CT molecular complexity index is 492. The third kappa shape index (κ3) is 4.81. The average Bonchev–Trinajstić information content (AvgIpc) is 2.82. The van der Waals surface area contributed by atoms with E-state index in [-0.39, 0.29) is 18.7 Å². The van der Waals surface area contributed by atoms with E-state index in [4.69, 9.17) is 14.2 Å². The van der Waals surface area contributed by atoms with Crippen LogP contribution in [0.5, 0.6) is 0 Å². The SMILES string of the molecule is Cc1ccccc1C(=O)OCC1CCC(OC(C)(C)O)O1. The molecule has 1 aliphatic rings. The molecule has 2 atom stereocenters. The van der Waals surface area contributed by atoms with Gasteiger partial charge in [0.25, 0.3) is 0 Å². The molecule has 1 aromatic rings. The lowest BCUT2D eigenvalue weighted by atomic mass is 10.1. The summed E-state index contributed by atoms with van der Waals surface area (Å²) in [5.74, 6) is -1.57. The maximum Gasteiger partial charge on any atom is 0.338 e. The van der Waals surface area contributed by atoms with Crippen LogP contribution in [0, 0.1) is 6.92 Å². The van der Waals surface area contributed by atoms with Gasteiger partial charge in [0.2, 0.25) is 0 Å². The molecule has 0 spiro atoms. The van der Waals surface area contributed by atoms with Gasteiger partial charge in [-0.25, -0.2) is 4.79 Å². The molecular formula is C16H22O5. The summed E-state index contributed by atoms with van der Waals surface area (Å²) in [5, 5.41) is 9.57. The van der Waals surface area contributed by atoms with Crippen molar-refractivity contribution in [3.05, 3.63) is 35.4 Å². The lowest BCUT2D eigenvalue weighted by Gasteiger charge is -2.23. The third-order valence-corrected chi connectivity index (χ3v) is 3.25. The Hall–Kier alpha value is -1.43. The molecule has 2 rings (SSSR count). The number of carbonyl (C=O) groups is 1. The van der Waals surface area contributed by atoms with Gasteiger partial charge in [-0.15, -0.1) is 0 Å². The van der Waals surface area contributed by atoms with Crippen molar-refractivity contribution in [2.24, 2.45) is 0 Å². The number of hydrogen-bond donors (Lipinski definition) is 1. The fourth-order valence-electron chi connectivity index (χ4n) is 2.25. The number of hydrogen-bond acceptors (Lipinski definition) is 5. The predicted molar refractivity (Wildman–Crippen MR) is 76.7 cm³/mol. The Labute approximate surface area is 124 Å². The Morgan fingerprint density at radius 2 is 2.10 bits per heavy atom.